The van der Waals surface area contributed by atoms with Crippen LogP contribution in [0.15, 0.2) is 40.9 Å². The molecule has 4 nitrogen and oxygen atoms in total. The number of pyridine rings is 1. The second kappa shape index (κ2) is 5.88. The van der Waals surface area contributed by atoms with Crippen molar-refractivity contribution in [2.24, 2.45) is 0 Å². The predicted octanol–water partition coefficient (Wildman–Crippen LogP) is 4.59. The summed E-state index contributed by atoms with van der Waals surface area (Å²) in [4.78, 5) is 7.08. The second-order valence-corrected chi connectivity index (χ2v) is 7.11. The molecule has 25 heavy (non-hydrogen) atoms. The van der Waals surface area contributed by atoms with Crippen LogP contribution in [0.2, 0.25) is 0 Å². The molecule has 2 aliphatic heterocycles. The third-order valence-corrected chi connectivity index (χ3v) is 5.53. The Kier molecular flexibility index (Phi) is 3.52. The number of fused-ring (bicyclic) bond motifs is 2. The van der Waals surface area contributed by atoms with Gasteiger partial charge in [0.15, 0.2) is 0 Å². The lowest BCUT2D eigenvalue weighted by Gasteiger charge is -2.26. The SMILES string of the molecule is CN1CCC[C@H]1c1cnc2c(c1-c1cc3ccccc3o1)CCCO2. The van der Waals surface area contributed by atoms with Crippen LogP contribution < -0.4 is 4.74 Å². The first kappa shape index (κ1) is 15.0. The van der Waals surface area contributed by atoms with Crippen molar-refractivity contribution in [2.75, 3.05) is 20.2 Å². The summed E-state index contributed by atoms with van der Waals surface area (Å²) in [6.45, 7) is 1.89. The fraction of sp³-hybridized carbons (Fsp3) is 0.381. The van der Waals surface area contributed by atoms with Gasteiger partial charge in [0.2, 0.25) is 5.88 Å². The number of rotatable bonds is 2. The molecule has 0 bridgehead atoms. The van der Waals surface area contributed by atoms with E-state index in [1.807, 2.05) is 18.3 Å². The van der Waals surface area contributed by atoms with Gasteiger partial charge in [-0.05, 0) is 57.0 Å². The summed E-state index contributed by atoms with van der Waals surface area (Å²) < 4.78 is 12.1. The number of ether oxygens (including phenoxy) is 1. The highest BCUT2D eigenvalue weighted by Crippen LogP contribution is 2.43. The normalized spacial score (nSPS) is 20.6. The third kappa shape index (κ3) is 2.44. The molecule has 4 heterocycles. The molecule has 2 aromatic heterocycles. The minimum absolute atomic E-state index is 0.405. The quantitative estimate of drug-likeness (QED) is 0.687. The number of furan rings is 1. The van der Waals surface area contributed by atoms with E-state index < -0.39 is 0 Å². The zero-order valence-corrected chi connectivity index (χ0v) is 14.5. The number of para-hydroxylation sites is 1. The second-order valence-electron chi connectivity index (χ2n) is 7.11. The lowest BCUT2D eigenvalue weighted by Crippen LogP contribution is -2.20. The number of nitrogens with zero attached hydrogens (tertiary/aromatic N) is 2. The van der Waals surface area contributed by atoms with E-state index in [9.17, 15) is 0 Å². The van der Waals surface area contributed by atoms with Gasteiger partial charge < -0.3 is 9.15 Å². The van der Waals surface area contributed by atoms with Gasteiger partial charge in [0.05, 0.1) is 6.61 Å². The van der Waals surface area contributed by atoms with Gasteiger partial charge in [0, 0.05) is 28.8 Å². The van der Waals surface area contributed by atoms with Crippen molar-refractivity contribution in [3.05, 3.63) is 47.7 Å². The Balaban J connectivity index is 1.74. The van der Waals surface area contributed by atoms with E-state index >= 15 is 0 Å². The minimum atomic E-state index is 0.405. The Morgan fingerprint density at radius 1 is 1.20 bits per heavy atom. The lowest BCUT2D eigenvalue weighted by atomic mass is 9.92. The molecule has 0 N–H and O–H groups in total. The maximum Gasteiger partial charge on any atom is 0.217 e. The molecule has 0 amide bonds. The van der Waals surface area contributed by atoms with Crippen molar-refractivity contribution >= 4 is 11.0 Å². The third-order valence-electron chi connectivity index (χ3n) is 5.53. The number of hydrogen-bond donors (Lipinski definition) is 0. The topological polar surface area (TPSA) is 38.5 Å². The van der Waals surface area contributed by atoms with E-state index in [0.717, 1.165) is 48.6 Å². The van der Waals surface area contributed by atoms with E-state index in [2.05, 4.69) is 35.1 Å². The molecule has 3 aromatic rings. The van der Waals surface area contributed by atoms with E-state index in [1.54, 1.807) is 0 Å². The van der Waals surface area contributed by atoms with Crippen LogP contribution in [0.5, 0.6) is 5.88 Å². The van der Waals surface area contributed by atoms with Crippen LogP contribution >= 0.6 is 0 Å². The zero-order valence-electron chi connectivity index (χ0n) is 14.5. The number of hydrogen-bond acceptors (Lipinski definition) is 4. The van der Waals surface area contributed by atoms with Crippen LogP contribution in [-0.4, -0.2) is 30.1 Å². The first-order valence-corrected chi connectivity index (χ1v) is 9.15. The maximum absolute atomic E-state index is 6.25. The predicted molar refractivity (Wildman–Crippen MR) is 97.9 cm³/mol. The van der Waals surface area contributed by atoms with Crippen LogP contribution in [-0.2, 0) is 6.42 Å². The summed E-state index contributed by atoms with van der Waals surface area (Å²) >= 11 is 0. The molecular formula is C21H22N2O2. The van der Waals surface area contributed by atoms with Crippen molar-refractivity contribution < 1.29 is 9.15 Å². The van der Waals surface area contributed by atoms with Gasteiger partial charge in [-0.3, -0.25) is 4.90 Å². The first-order valence-electron chi connectivity index (χ1n) is 9.15. The van der Waals surface area contributed by atoms with Crippen molar-refractivity contribution in [3.8, 4) is 17.2 Å². The highest BCUT2D eigenvalue weighted by Gasteiger charge is 2.30. The highest BCUT2D eigenvalue weighted by molar-refractivity contribution is 5.84. The van der Waals surface area contributed by atoms with Crippen LogP contribution in [0.1, 0.15) is 36.4 Å². The van der Waals surface area contributed by atoms with Gasteiger partial charge in [0.1, 0.15) is 11.3 Å². The molecule has 128 valence electrons. The molecule has 1 aromatic carbocycles. The summed E-state index contributed by atoms with van der Waals surface area (Å²) in [5, 5.41) is 1.14. The Morgan fingerprint density at radius 2 is 2.12 bits per heavy atom. The van der Waals surface area contributed by atoms with E-state index in [1.165, 1.54) is 29.5 Å². The average molecular weight is 334 g/mol. The zero-order chi connectivity index (χ0) is 16.8. The van der Waals surface area contributed by atoms with Gasteiger partial charge in [-0.2, -0.15) is 0 Å². The van der Waals surface area contributed by atoms with Crippen molar-refractivity contribution in [1.82, 2.24) is 9.88 Å². The number of benzene rings is 1. The van der Waals surface area contributed by atoms with Crippen LogP contribution in [0, 0.1) is 0 Å². The molecule has 0 spiro atoms. The smallest absolute Gasteiger partial charge is 0.217 e. The van der Waals surface area contributed by atoms with Gasteiger partial charge in [-0.15, -0.1) is 0 Å². The Hall–Kier alpha value is -2.33. The molecule has 1 fully saturated rings. The van der Waals surface area contributed by atoms with Crippen LogP contribution in [0.4, 0.5) is 0 Å². The fourth-order valence-corrected chi connectivity index (χ4v) is 4.28. The number of likely N-dealkylation sites (tertiary alicyclic amines) is 1. The molecule has 5 rings (SSSR count). The Labute approximate surface area is 147 Å². The van der Waals surface area contributed by atoms with Crippen molar-refractivity contribution in [3.63, 3.8) is 0 Å². The van der Waals surface area contributed by atoms with Crippen molar-refractivity contribution in [2.45, 2.75) is 31.7 Å². The molecule has 0 unspecified atom stereocenters. The monoisotopic (exact) mass is 334 g/mol. The molecular weight excluding hydrogens is 312 g/mol. The summed E-state index contributed by atoms with van der Waals surface area (Å²) in [5.41, 5.74) is 4.64. The molecule has 2 aliphatic rings. The summed E-state index contributed by atoms with van der Waals surface area (Å²) in [5.74, 6) is 1.73. The van der Waals surface area contributed by atoms with Crippen molar-refractivity contribution in [1.29, 1.82) is 0 Å². The van der Waals surface area contributed by atoms with E-state index in [-0.39, 0.29) is 0 Å². The number of aromatic nitrogens is 1. The summed E-state index contributed by atoms with van der Waals surface area (Å²) in [6, 6.07) is 10.8. The van der Waals surface area contributed by atoms with E-state index in [0.29, 0.717) is 6.04 Å². The van der Waals surface area contributed by atoms with Gasteiger partial charge in [-0.1, -0.05) is 18.2 Å². The maximum atomic E-state index is 6.25. The molecule has 0 saturated carbocycles. The summed E-state index contributed by atoms with van der Waals surface area (Å²) in [6.07, 6.45) is 6.45. The average Bonchev–Trinajstić information content (AvgIpc) is 3.26. The van der Waals surface area contributed by atoms with Gasteiger partial charge >= 0.3 is 0 Å². The minimum Gasteiger partial charge on any atom is -0.477 e. The fourth-order valence-electron chi connectivity index (χ4n) is 4.28. The molecule has 1 atom stereocenters. The van der Waals surface area contributed by atoms with Gasteiger partial charge in [-0.25, -0.2) is 4.98 Å². The standard InChI is InChI=1S/C21H22N2O2/c1-23-10-4-8-17(23)16-13-22-21-15(7-5-11-24-21)20(16)19-12-14-6-2-3-9-18(14)25-19/h2-3,6,9,12-13,17H,4-5,7-8,10-11H2,1H3/t17-/m0/s1. The highest BCUT2D eigenvalue weighted by atomic mass is 16.5. The first-order chi connectivity index (χ1) is 12.3. The molecule has 4 heteroatoms. The molecule has 1 saturated heterocycles. The van der Waals surface area contributed by atoms with E-state index in [4.69, 9.17) is 9.15 Å². The Bertz CT molecular complexity index is 898. The Morgan fingerprint density at radius 3 is 2.96 bits per heavy atom. The molecule has 0 aliphatic carbocycles. The van der Waals surface area contributed by atoms with Crippen LogP contribution in [0.25, 0.3) is 22.3 Å². The van der Waals surface area contributed by atoms with Gasteiger partial charge in [0.25, 0.3) is 0 Å². The molecule has 0 radical (unpaired) electrons. The largest absolute Gasteiger partial charge is 0.477 e. The lowest BCUT2D eigenvalue weighted by molar-refractivity contribution is 0.274. The van der Waals surface area contributed by atoms with Crippen LogP contribution in [0.3, 0.4) is 0 Å². The summed E-state index contributed by atoms with van der Waals surface area (Å²) in [7, 11) is 2.20.